The predicted molar refractivity (Wildman–Crippen MR) is 114 cm³/mol. The van der Waals surface area contributed by atoms with Crippen molar-refractivity contribution in [2.75, 3.05) is 5.94 Å². The molecule has 0 saturated heterocycles. The number of sulfone groups is 1. The summed E-state index contributed by atoms with van der Waals surface area (Å²) in [6, 6.07) is 14.3. The van der Waals surface area contributed by atoms with Crippen molar-refractivity contribution in [3.05, 3.63) is 65.4 Å². The largest absolute Gasteiger partial charge is 0.476 e. The quantitative estimate of drug-likeness (QED) is 0.400. The number of carbonyl (C=O) groups is 3. The number of hydrogen-bond donors (Lipinski definition) is 2. The number of aromatic nitrogens is 1. The van der Waals surface area contributed by atoms with Gasteiger partial charge in [-0.3, -0.25) is 14.4 Å². The molecule has 1 aromatic heterocycles. The summed E-state index contributed by atoms with van der Waals surface area (Å²) in [5.41, 5.74) is 12.3. The summed E-state index contributed by atoms with van der Waals surface area (Å²) in [5.74, 6) is -3.04. The predicted octanol–water partition coefficient (Wildman–Crippen LogP) is 1.75. The summed E-state index contributed by atoms with van der Waals surface area (Å²) in [6.07, 6.45) is 0.398. The Morgan fingerprint density at radius 3 is 2.26 bits per heavy atom. The molecule has 0 spiro atoms. The zero-order chi connectivity index (χ0) is 22.8. The monoisotopic (exact) mass is 443 g/mol. The molecular formula is C21H21N3O6S. The third kappa shape index (κ3) is 4.29. The van der Waals surface area contributed by atoms with Crippen molar-refractivity contribution < 1.29 is 27.5 Å². The minimum atomic E-state index is -4.34. The van der Waals surface area contributed by atoms with Crippen molar-refractivity contribution in [1.29, 1.82) is 0 Å². The molecule has 0 fully saturated rings. The van der Waals surface area contributed by atoms with Crippen molar-refractivity contribution in [3.63, 3.8) is 0 Å². The van der Waals surface area contributed by atoms with Gasteiger partial charge in [0.1, 0.15) is 5.75 Å². The second kappa shape index (κ2) is 8.60. The van der Waals surface area contributed by atoms with Gasteiger partial charge in [-0.2, -0.15) is 0 Å². The second-order valence-corrected chi connectivity index (χ2v) is 8.65. The summed E-state index contributed by atoms with van der Waals surface area (Å²) in [5, 5.41) is -1.28. The van der Waals surface area contributed by atoms with Gasteiger partial charge in [-0.15, -0.1) is 0 Å². The molecule has 9 nitrogen and oxygen atoms in total. The maximum Gasteiger partial charge on any atom is 0.337 e. The molecule has 0 aliphatic carbocycles. The molecule has 0 unspecified atom stereocenters. The van der Waals surface area contributed by atoms with Gasteiger partial charge < -0.3 is 20.8 Å². The van der Waals surface area contributed by atoms with Gasteiger partial charge in [-0.25, -0.2) is 8.42 Å². The first-order valence-corrected chi connectivity index (χ1v) is 11.0. The van der Waals surface area contributed by atoms with Crippen LogP contribution < -0.4 is 16.2 Å². The number of ketones is 1. The molecule has 3 aromatic rings. The highest BCUT2D eigenvalue weighted by atomic mass is 32.2. The lowest BCUT2D eigenvalue weighted by Crippen LogP contribution is -2.27. The van der Waals surface area contributed by atoms with Gasteiger partial charge in [0.15, 0.2) is 5.94 Å². The SMILES string of the molecule is CCc1c(C(=O)C(N)=O)c2c(OCS(=O)(=O)C(N)=O)cccc2n1Cc1ccccc1. The van der Waals surface area contributed by atoms with E-state index in [1.165, 1.54) is 6.07 Å². The minimum absolute atomic E-state index is 0.0217. The molecule has 4 N–H and O–H groups in total. The number of fused-ring (bicyclic) bond motifs is 1. The fourth-order valence-electron chi connectivity index (χ4n) is 3.42. The Labute approximate surface area is 178 Å². The Balaban J connectivity index is 2.24. The lowest BCUT2D eigenvalue weighted by Gasteiger charge is -2.11. The molecule has 0 aliphatic rings. The van der Waals surface area contributed by atoms with E-state index in [1.807, 2.05) is 41.8 Å². The van der Waals surface area contributed by atoms with Crippen LogP contribution in [0.4, 0.5) is 4.79 Å². The summed E-state index contributed by atoms with van der Waals surface area (Å²) >= 11 is 0. The second-order valence-electron chi connectivity index (χ2n) is 6.79. The maximum atomic E-state index is 12.7. The van der Waals surface area contributed by atoms with Crippen molar-refractivity contribution in [2.45, 2.75) is 19.9 Å². The molecule has 0 saturated carbocycles. The number of hydrogen-bond acceptors (Lipinski definition) is 6. The van der Waals surface area contributed by atoms with Crippen molar-refractivity contribution in [2.24, 2.45) is 11.5 Å². The Morgan fingerprint density at radius 1 is 1.00 bits per heavy atom. The van der Waals surface area contributed by atoms with Crippen LogP contribution in [-0.2, 0) is 27.6 Å². The lowest BCUT2D eigenvalue weighted by molar-refractivity contribution is -0.114. The van der Waals surface area contributed by atoms with Gasteiger partial charge in [-0.1, -0.05) is 43.3 Å². The number of rotatable bonds is 8. The van der Waals surface area contributed by atoms with Crippen LogP contribution in [0.2, 0.25) is 0 Å². The van der Waals surface area contributed by atoms with Crippen molar-refractivity contribution in [3.8, 4) is 5.75 Å². The van der Waals surface area contributed by atoms with E-state index in [-0.39, 0.29) is 16.7 Å². The number of ether oxygens (including phenoxy) is 1. The maximum absolute atomic E-state index is 12.7. The first kappa shape index (κ1) is 22.0. The third-order valence-electron chi connectivity index (χ3n) is 4.80. The van der Waals surface area contributed by atoms with E-state index in [0.29, 0.717) is 24.2 Å². The summed E-state index contributed by atoms with van der Waals surface area (Å²) in [4.78, 5) is 35.6. The Hall–Kier alpha value is -3.66. The Bertz CT molecular complexity index is 1280. The van der Waals surface area contributed by atoms with E-state index in [2.05, 4.69) is 0 Å². The Kier molecular flexibility index (Phi) is 6.11. The van der Waals surface area contributed by atoms with Crippen LogP contribution >= 0.6 is 0 Å². The van der Waals surface area contributed by atoms with Gasteiger partial charge >= 0.3 is 5.24 Å². The fourth-order valence-corrected chi connectivity index (χ4v) is 3.82. The van der Waals surface area contributed by atoms with Gasteiger partial charge in [0.2, 0.25) is 0 Å². The average molecular weight is 443 g/mol. The molecule has 0 aliphatic heterocycles. The zero-order valence-electron chi connectivity index (χ0n) is 16.7. The molecule has 31 heavy (non-hydrogen) atoms. The van der Waals surface area contributed by atoms with Gasteiger partial charge in [0.25, 0.3) is 21.5 Å². The number of benzene rings is 2. The molecule has 0 atom stereocenters. The van der Waals surface area contributed by atoms with E-state index < -0.39 is 32.7 Å². The molecule has 1 heterocycles. The molecule has 0 bridgehead atoms. The topological polar surface area (TPSA) is 152 Å². The highest BCUT2D eigenvalue weighted by molar-refractivity contribution is 8.05. The number of nitrogens with zero attached hydrogens (tertiary/aromatic N) is 1. The first-order chi connectivity index (χ1) is 14.7. The molecule has 162 valence electrons. The van der Waals surface area contributed by atoms with Crippen LogP contribution in [0, 0.1) is 0 Å². The molecule has 10 heteroatoms. The van der Waals surface area contributed by atoms with Crippen LogP contribution in [0.15, 0.2) is 48.5 Å². The number of primary amides is 2. The normalized spacial score (nSPS) is 11.4. The van der Waals surface area contributed by atoms with Gasteiger partial charge in [0.05, 0.1) is 16.5 Å². The molecular weight excluding hydrogens is 422 g/mol. The van der Waals surface area contributed by atoms with E-state index in [0.717, 1.165) is 5.56 Å². The van der Waals surface area contributed by atoms with Crippen LogP contribution in [0.1, 0.15) is 28.5 Å². The van der Waals surface area contributed by atoms with Crippen LogP contribution in [0.25, 0.3) is 10.9 Å². The van der Waals surface area contributed by atoms with E-state index in [1.54, 1.807) is 12.1 Å². The van der Waals surface area contributed by atoms with Crippen molar-refractivity contribution in [1.82, 2.24) is 4.57 Å². The lowest BCUT2D eigenvalue weighted by atomic mass is 10.0. The minimum Gasteiger partial charge on any atom is -0.476 e. The smallest absolute Gasteiger partial charge is 0.337 e. The fraction of sp³-hybridized carbons (Fsp3) is 0.190. The van der Waals surface area contributed by atoms with E-state index >= 15 is 0 Å². The molecule has 2 amide bonds. The van der Waals surface area contributed by atoms with Gasteiger partial charge in [0, 0.05) is 12.2 Å². The van der Waals surface area contributed by atoms with Crippen LogP contribution in [-0.4, -0.2) is 35.9 Å². The van der Waals surface area contributed by atoms with Crippen LogP contribution in [0.5, 0.6) is 5.75 Å². The number of carbonyl (C=O) groups excluding carboxylic acids is 3. The molecule has 3 rings (SSSR count). The highest BCUT2D eigenvalue weighted by Gasteiger charge is 2.28. The average Bonchev–Trinajstić information content (AvgIpc) is 3.06. The third-order valence-corrected chi connectivity index (χ3v) is 5.85. The zero-order valence-corrected chi connectivity index (χ0v) is 17.5. The number of nitrogens with two attached hydrogens (primary N) is 2. The highest BCUT2D eigenvalue weighted by Crippen LogP contribution is 2.35. The van der Waals surface area contributed by atoms with E-state index in [9.17, 15) is 22.8 Å². The number of amides is 2. The first-order valence-electron chi connectivity index (χ1n) is 9.34. The van der Waals surface area contributed by atoms with Crippen LogP contribution in [0.3, 0.4) is 0 Å². The molecule has 2 aromatic carbocycles. The summed E-state index contributed by atoms with van der Waals surface area (Å²) < 4.78 is 30.8. The van der Waals surface area contributed by atoms with Crippen molar-refractivity contribution >= 4 is 37.7 Å². The molecule has 0 radical (unpaired) electrons. The van der Waals surface area contributed by atoms with E-state index in [4.69, 9.17) is 16.2 Å². The summed E-state index contributed by atoms with van der Waals surface area (Å²) in [6.45, 7) is 2.22. The number of Topliss-reactive ketones (excluding diaryl/α,β-unsaturated/α-hetero) is 1. The standard InChI is InChI=1S/C21H21N3O6S/c1-2-14-18(19(25)20(22)26)17-15(24(14)11-13-7-4-3-5-8-13)9-6-10-16(17)30-12-31(28,29)21(23)27/h3-10H,2,11-12H2,1H3,(H2,22,26)(H2,23,27). The summed E-state index contributed by atoms with van der Waals surface area (Å²) in [7, 11) is -4.34. The Morgan fingerprint density at radius 2 is 1.68 bits per heavy atom. The van der Waals surface area contributed by atoms with Gasteiger partial charge in [-0.05, 0) is 24.1 Å².